The van der Waals surface area contributed by atoms with Crippen LogP contribution in [0.2, 0.25) is 0 Å². The molecule has 1 N–H and O–H groups in total. The van der Waals surface area contributed by atoms with Crippen LogP contribution in [0.4, 0.5) is 10.1 Å². The molecule has 0 atom stereocenters. The third kappa shape index (κ3) is 3.59. The molecule has 1 aromatic heterocycles. The number of non-ortho nitro benzene ring substituents is 1. The van der Waals surface area contributed by atoms with E-state index in [-0.39, 0.29) is 5.69 Å². The van der Waals surface area contributed by atoms with Crippen molar-refractivity contribution in [2.45, 2.75) is 13.1 Å². The van der Waals surface area contributed by atoms with E-state index in [1.54, 1.807) is 4.68 Å². The van der Waals surface area contributed by atoms with Gasteiger partial charge in [-0.05, 0) is 17.7 Å². The highest BCUT2D eigenvalue weighted by atomic mass is 19.1. The summed E-state index contributed by atoms with van der Waals surface area (Å²) in [4.78, 5) is 10.0. The SMILES string of the molecule is Cn1ccc(CNCc2cc(F)cc([N+](=O)[O-])c2)n1. The first-order valence-electron chi connectivity index (χ1n) is 5.68. The molecule has 1 heterocycles. The third-order valence-corrected chi connectivity index (χ3v) is 2.56. The van der Waals surface area contributed by atoms with Crippen LogP contribution in [0.25, 0.3) is 0 Å². The third-order valence-electron chi connectivity index (χ3n) is 2.56. The van der Waals surface area contributed by atoms with Gasteiger partial charge in [-0.2, -0.15) is 5.10 Å². The molecule has 0 bridgehead atoms. The standard InChI is InChI=1S/C12H13FN4O2/c1-16-3-2-11(15-16)8-14-7-9-4-10(13)6-12(5-9)17(18)19/h2-6,14H,7-8H2,1H3. The number of rotatable bonds is 5. The Labute approximate surface area is 109 Å². The predicted molar refractivity (Wildman–Crippen MR) is 66.8 cm³/mol. The van der Waals surface area contributed by atoms with Crippen LogP contribution in [0, 0.1) is 15.9 Å². The molecule has 0 aliphatic carbocycles. The van der Waals surface area contributed by atoms with Crippen LogP contribution < -0.4 is 5.32 Å². The number of hydrogen-bond acceptors (Lipinski definition) is 4. The number of nitrogens with zero attached hydrogens (tertiary/aromatic N) is 3. The van der Waals surface area contributed by atoms with Gasteiger partial charge in [0, 0.05) is 32.4 Å². The second-order valence-corrected chi connectivity index (χ2v) is 4.16. The van der Waals surface area contributed by atoms with E-state index in [1.807, 2.05) is 19.3 Å². The highest BCUT2D eigenvalue weighted by Crippen LogP contribution is 2.16. The van der Waals surface area contributed by atoms with Gasteiger partial charge in [0.2, 0.25) is 0 Å². The molecule has 100 valence electrons. The molecule has 0 amide bonds. The molecule has 6 nitrogen and oxygen atoms in total. The molecular formula is C12H13FN4O2. The Hall–Kier alpha value is -2.28. The largest absolute Gasteiger partial charge is 0.307 e. The number of nitro groups is 1. The highest BCUT2D eigenvalue weighted by Gasteiger charge is 2.09. The lowest BCUT2D eigenvalue weighted by Gasteiger charge is -2.03. The Morgan fingerprint density at radius 1 is 1.42 bits per heavy atom. The van der Waals surface area contributed by atoms with Crippen molar-refractivity contribution < 1.29 is 9.31 Å². The number of nitro benzene ring substituents is 1. The summed E-state index contributed by atoms with van der Waals surface area (Å²) in [6.07, 6.45) is 1.82. The second-order valence-electron chi connectivity index (χ2n) is 4.16. The van der Waals surface area contributed by atoms with Gasteiger partial charge in [0.25, 0.3) is 5.69 Å². The minimum absolute atomic E-state index is 0.241. The van der Waals surface area contributed by atoms with E-state index in [4.69, 9.17) is 0 Å². The van der Waals surface area contributed by atoms with Crippen molar-refractivity contribution >= 4 is 5.69 Å². The Kier molecular flexibility index (Phi) is 3.86. The molecule has 0 spiro atoms. The van der Waals surface area contributed by atoms with E-state index in [0.29, 0.717) is 18.7 Å². The first-order valence-corrected chi connectivity index (χ1v) is 5.68. The lowest BCUT2D eigenvalue weighted by Crippen LogP contribution is -2.13. The zero-order valence-electron chi connectivity index (χ0n) is 10.3. The van der Waals surface area contributed by atoms with Gasteiger partial charge in [0.1, 0.15) is 5.82 Å². The first kappa shape index (κ1) is 13.2. The van der Waals surface area contributed by atoms with Gasteiger partial charge >= 0.3 is 0 Å². The Balaban J connectivity index is 1.97. The topological polar surface area (TPSA) is 73.0 Å². The minimum Gasteiger partial charge on any atom is -0.307 e. The molecular weight excluding hydrogens is 251 g/mol. The minimum atomic E-state index is -0.608. The maximum Gasteiger partial charge on any atom is 0.272 e. The van der Waals surface area contributed by atoms with Crippen LogP contribution in [0.15, 0.2) is 30.5 Å². The molecule has 0 unspecified atom stereocenters. The molecule has 2 aromatic rings. The molecule has 0 aliphatic rings. The summed E-state index contributed by atoms with van der Waals surface area (Å²) >= 11 is 0. The van der Waals surface area contributed by atoms with Crippen molar-refractivity contribution in [3.63, 3.8) is 0 Å². The molecule has 19 heavy (non-hydrogen) atoms. The molecule has 2 rings (SSSR count). The molecule has 0 fully saturated rings. The average molecular weight is 264 g/mol. The lowest BCUT2D eigenvalue weighted by molar-refractivity contribution is -0.385. The van der Waals surface area contributed by atoms with Gasteiger partial charge in [0.05, 0.1) is 16.7 Å². The number of halogens is 1. The van der Waals surface area contributed by atoms with Crippen molar-refractivity contribution in [1.29, 1.82) is 0 Å². The van der Waals surface area contributed by atoms with Crippen LogP contribution >= 0.6 is 0 Å². The second kappa shape index (κ2) is 5.57. The van der Waals surface area contributed by atoms with Crippen molar-refractivity contribution in [2.75, 3.05) is 0 Å². The lowest BCUT2D eigenvalue weighted by atomic mass is 10.2. The van der Waals surface area contributed by atoms with Gasteiger partial charge in [-0.15, -0.1) is 0 Å². The number of nitrogens with one attached hydrogen (secondary N) is 1. The monoisotopic (exact) mass is 264 g/mol. The first-order chi connectivity index (χ1) is 9.04. The number of hydrogen-bond donors (Lipinski definition) is 1. The summed E-state index contributed by atoms with van der Waals surface area (Å²) in [7, 11) is 1.82. The van der Waals surface area contributed by atoms with Gasteiger partial charge < -0.3 is 5.32 Å². The van der Waals surface area contributed by atoms with E-state index >= 15 is 0 Å². The van der Waals surface area contributed by atoms with Gasteiger partial charge in [-0.1, -0.05) is 0 Å². The number of benzene rings is 1. The molecule has 0 saturated heterocycles. The molecule has 0 aliphatic heterocycles. The van der Waals surface area contributed by atoms with E-state index < -0.39 is 10.7 Å². The fourth-order valence-corrected chi connectivity index (χ4v) is 1.73. The fraction of sp³-hybridized carbons (Fsp3) is 0.250. The summed E-state index contributed by atoms with van der Waals surface area (Å²) in [5, 5.41) is 17.8. The van der Waals surface area contributed by atoms with Gasteiger partial charge in [-0.3, -0.25) is 14.8 Å². The van der Waals surface area contributed by atoms with Crippen molar-refractivity contribution in [1.82, 2.24) is 15.1 Å². The number of aryl methyl sites for hydroxylation is 1. The summed E-state index contributed by atoms with van der Waals surface area (Å²) in [6.45, 7) is 0.861. The smallest absolute Gasteiger partial charge is 0.272 e. The van der Waals surface area contributed by atoms with E-state index in [1.165, 1.54) is 12.1 Å². The van der Waals surface area contributed by atoms with E-state index in [2.05, 4.69) is 10.4 Å². The quantitative estimate of drug-likeness (QED) is 0.659. The molecule has 0 radical (unpaired) electrons. The van der Waals surface area contributed by atoms with Crippen LogP contribution in [-0.4, -0.2) is 14.7 Å². The van der Waals surface area contributed by atoms with Gasteiger partial charge in [0.15, 0.2) is 0 Å². The van der Waals surface area contributed by atoms with Crippen LogP contribution in [0.5, 0.6) is 0 Å². The summed E-state index contributed by atoms with van der Waals surface area (Å²) in [5.41, 5.74) is 1.14. The van der Waals surface area contributed by atoms with E-state index in [0.717, 1.165) is 11.8 Å². The van der Waals surface area contributed by atoms with E-state index in [9.17, 15) is 14.5 Å². The maximum absolute atomic E-state index is 13.2. The summed E-state index contributed by atoms with van der Waals surface area (Å²) in [6, 6.07) is 5.40. The molecule has 0 saturated carbocycles. The molecule has 1 aromatic carbocycles. The normalized spacial score (nSPS) is 10.6. The maximum atomic E-state index is 13.2. The average Bonchev–Trinajstić information content (AvgIpc) is 2.74. The summed E-state index contributed by atoms with van der Waals surface area (Å²) < 4.78 is 14.9. The fourth-order valence-electron chi connectivity index (χ4n) is 1.73. The highest BCUT2D eigenvalue weighted by molar-refractivity contribution is 5.35. The zero-order chi connectivity index (χ0) is 13.8. The zero-order valence-corrected chi connectivity index (χ0v) is 10.3. The van der Waals surface area contributed by atoms with Crippen LogP contribution in [0.3, 0.4) is 0 Å². The van der Waals surface area contributed by atoms with Crippen LogP contribution in [-0.2, 0) is 20.1 Å². The van der Waals surface area contributed by atoms with Crippen molar-refractivity contribution in [3.05, 3.63) is 57.7 Å². The Bertz CT molecular complexity index is 597. The van der Waals surface area contributed by atoms with Crippen LogP contribution in [0.1, 0.15) is 11.3 Å². The predicted octanol–water partition coefficient (Wildman–Crippen LogP) is 1.76. The van der Waals surface area contributed by atoms with Gasteiger partial charge in [-0.25, -0.2) is 4.39 Å². The van der Waals surface area contributed by atoms with Crippen molar-refractivity contribution in [3.8, 4) is 0 Å². The molecule has 7 heteroatoms. The Morgan fingerprint density at radius 3 is 2.84 bits per heavy atom. The van der Waals surface area contributed by atoms with Crippen molar-refractivity contribution in [2.24, 2.45) is 7.05 Å². The summed E-state index contributed by atoms with van der Waals surface area (Å²) in [5.74, 6) is -0.608. The Morgan fingerprint density at radius 2 is 2.21 bits per heavy atom. The number of aromatic nitrogens is 2.